The Hall–Kier alpha value is -2.07. The van der Waals surface area contributed by atoms with Crippen molar-refractivity contribution in [2.75, 3.05) is 20.2 Å². The van der Waals surface area contributed by atoms with Crippen LogP contribution in [0.4, 0.5) is 0 Å². The molecule has 0 saturated carbocycles. The SMILES string of the molecule is CCCCCCCCCCCCCCCCCCC[N+](=O)C1CCC(=O)N1.CCCCCCCCCCCCCCCCCCN.COC(=O)CCC(N)C(=O)O. The minimum absolute atomic E-state index is 0.0169. The van der Waals surface area contributed by atoms with E-state index in [2.05, 4.69) is 23.9 Å². The molecule has 1 saturated heterocycles. The number of carbonyl (C=O) groups is 3. The number of ether oxygens (including phenoxy) is 1. The normalized spacial score (nSPS) is 13.9. The molecule has 57 heavy (non-hydrogen) atoms. The van der Waals surface area contributed by atoms with E-state index in [9.17, 15) is 19.3 Å². The maximum Gasteiger partial charge on any atom is 0.320 e. The lowest BCUT2D eigenvalue weighted by Gasteiger charge is -2.04. The number of nitrogens with one attached hydrogen (secondary N) is 1. The summed E-state index contributed by atoms with van der Waals surface area (Å²) >= 11 is 0. The van der Waals surface area contributed by atoms with Crippen LogP contribution < -0.4 is 16.8 Å². The molecule has 0 spiro atoms. The fourth-order valence-electron chi connectivity index (χ4n) is 7.15. The zero-order valence-corrected chi connectivity index (χ0v) is 37.8. The molecule has 0 bridgehead atoms. The number of amides is 1. The first kappa shape index (κ1) is 57.0. The van der Waals surface area contributed by atoms with E-state index in [-0.39, 0.29) is 24.9 Å². The van der Waals surface area contributed by atoms with Crippen molar-refractivity contribution < 1.29 is 29.0 Å². The molecular weight excluding hydrogens is 717 g/mol. The van der Waals surface area contributed by atoms with Gasteiger partial charge in [0.05, 0.1) is 7.11 Å². The fraction of sp³-hybridized carbons (Fsp3) is 0.936. The average molecular weight is 812 g/mol. The smallest absolute Gasteiger partial charge is 0.320 e. The Kier molecular flexibility index (Phi) is 46.6. The number of nitrogens with two attached hydrogens (primary N) is 2. The first-order chi connectivity index (χ1) is 27.7. The molecule has 1 fully saturated rings. The Morgan fingerprint density at radius 3 is 1.26 bits per heavy atom. The Morgan fingerprint density at radius 1 is 0.649 bits per heavy atom. The highest BCUT2D eigenvalue weighted by Crippen LogP contribution is 2.16. The maximum atomic E-state index is 11.9. The van der Waals surface area contributed by atoms with Crippen LogP contribution in [-0.4, -0.2) is 60.1 Å². The second-order valence-corrected chi connectivity index (χ2v) is 16.6. The summed E-state index contributed by atoms with van der Waals surface area (Å²) in [5.41, 5.74) is 10.6. The van der Waals surface area contributed by atoms with E-state index in [0.717, 1.165) is 24.1 Å². The molecule has 0 aromatic heterocycles. The predicted molar refractivity (Wildman–Crippen MR) is 239 cm³/mol. The zero-order valence-electron chi connectivity index (χ0n) is 37.8. The number of carboxylic acids is 1. The monoisotopic (exact) mass is 812 g/mol. The first-order valence-corrected chi connectivity index (χ1v) is 24.2. The van der Waals surface area contributed by atoms with Gasteiger partial charge >= 0.3 is 11.9 Å². The Bertz CT molecular complexity index is 889. The molecule has 0 radical (unpaired) electrons. The summed E-state index contributed by atoms with van der Waals surface area (Å²) in [5, 5.41) is 11.0. The lowest BCUT2D eigenvalue weighted by Crippen LogP contribution is -2.35. The minimum atomic E-state index is -1.10. The molecule has 0 aromatic carbocycles. The van der Waals surface area contributed by atoms with Crippen molar-refractivity contribution in [2.45, 2.75) is 264 Å². The van der Waals surface area contributed by atoms with Crippen LogP contribution >= 0.6 is 0 Å². The van der Waals surface area contributed by atoms with E-state index in [1.807, 2.05) is 0 Å². The van der Waals surface area contributed by atoms with Gasteiger partial charge in [0.2, 0.25) is 5.91 Å². The molecule has 0 aromatic rings. The summed E-state index contributed by atoms with van der Waals surface area (Å²) in [7, 11) is 1.24. The number of carbonyl (C=O) groups excluding carboxylic acids is 2. The van der Waals surface area contributed by atoms with Crippen molar-refractivity contribution in [2.24, 2.45) is 11.5 Å². The maximum absolute atomic E-state index is 11.9. The Balaban J connectivity index is 0. The highest BCUT2D eigenvalue weighted by atomic mass is 16.5. The summed E-state index contributed by atoms with van der Waals surface area (Å²) in [6.45, 7) is 6.00. The van der Waals surface area contributed by atoms with Gasteiger partial charge in [-0.15, -0.1) is 0 Å². The van der Waals surface area contributed by atoms with E-state index >= 15 is 0 Å². The number of hydrogen-bond acceptors (Lipinski definition) is 7. The van der Waals surface area contributed by atoms with E-state index in [4.69, 9.17) is 16.6 Å². The fourth-order valence-corrected chi connectivity index (χ4v) is 7.15. The molecule has 10 nitrogen and oxygen atoms in total. The van der Waals surface area contributed by atoms with Crippen molar-refractivity contribution in [3.05, 3.63) is 4.91 Å². The number of nitrogens with zero attached hydrogens (tertiary/aromatic N) is 1. The van der Waals surface area contributed by atoms with Crippen LogP contribution in [0.1, 0.15) is 251 Å². The number of rotatable bonds is 39. The standard InChI is InChI=1S/C23H44N2O2.C18H39N.C6H11NO4/c1-2-3-4-5-6-7-8-9-10-11-12-13-14-15-16-17-18-21-25(27)22-19-20-23(26)24-22;1-2-3-4-5-6-7-8-9-10-11-12-13-14-15-16-17-18-19;1-11-5(8)3-2-4(7)6(9)10/h22H,2-21H2,1H3;2-19H2,1H3;4H,2-3,7H2,1H3,(H,9,10)/p+1. The van der Waals surface area contributed by atoms with Crippen LogP contribution in [-0.2, 0) is 19.1 Å². The van der Waals surface area contributed by atoms with Crippen LogP contribution in [0.3, 0.4) is 0 Å². The number of esters is 1. The summed E-state index contributed by atoms with van der Waals surface area (Å²) in [5.74, 6) is -1.53. The summed E-state index contributed by atoms with van der Waals surface area (Å²) in [6.07, 6.45) is 46.9. The van der Waals surface area contributed by atoms with Crippen molar-refractivity contribution >= 4 is 17.8 Å². The van der Waals surface area contributed by atoms with Crippen LogP contribution in [0.2, 0.25) is 0 Å². The van der Waals surface area contributed by atoms with E-state index in [1.165, 1.54) is 206 Å². The molecule has 1 amide bonds. The molecule has 1 aliphatic heterocycles. The Morgan fingerprint density at radius 2 is 0.982 bits per heavy atom. The average Bonchev–Trinajstić information content (AvgIpc) is 3.66. The highest BCUT2D eigenvalue weighted by molar-refractivity contribution is 5.78. The van der Waals surface area contributed by atoms with Crippen LogP contribution in [0, 0.1) is 4.91 Å². The van der Waals surface area contributed by atoms with Gasteiger partial charge in [-0.1, -0.05) is 206 Å². The lowest BCUT2D eigenvalue weighted by molar-refractivity contribution is -0.589. The van der Waals surface area contributed by atoms with Crippen molar-refractivity contribution in [1.29, 1.82) is 0 Å². The van der Waals surface area contributed by atoms with Gasteiger partial charge in [0, 0.05) is 35.4 Å². The number of methoxy groups -OCH3 is 1. The number of carboxylic acid groups (broad SMARTS) is 1. The molecule has 2 unspecified atom stereocenters. The second kappa shape index (κ2) is 46.6. The van der Waals surface area contributed by atoms with Gasteiger partial charge in [-0.2, -0.15) is 0 Å². The van der Waals surface area contributed by atoms with Crippen molar-refractivity contribution in [1.82, 2.24) is 5.32 Å². The number of unbranched alkanes of at least 4 members (excludes halogenated alkanes) is 31. The number of aliphatic carboxylic acids is 1. The predicted octanol–water partition coefficient (Wildman–Crippen LogP) is 12.2. The summed E-state index contributed by atoms with van der Waals surface area (Å²) < 4.78 is 5.36. The number of nitroso groups, excluding NO2 is 1. The van der Waals surface area contributed by atoms with E-state index in [1.54, 1.807) is 0 Å². The molecule has 10 heteroatoms. The van der Waals surface area contributed by atoms with E-state index in [0.29, 0.717) is 19.4 Å². The molecule has 1 heterocycles. The van der Waals surface area contributed by atoms with Gasteiger partial charge in [-0.25, -0.2) is 0 Å². The van der Waals surface area contributed by atoms with Gasteiger partial charge in [-0.05, 0) is 25.8 Å². The summed E-state index contributed by atoms with van der Waals surface area (Å²) in [4.78, 5) is 43.6. The van der Waals surface area contributed by atoms with Crippen LogP contribution in [0.15, 0.2) is 0 Å². The highest BCUT2D eigenvalue weighted by Gasteiger charge is 2.32. The van der Waals surface area contributed by atoms with Gasteiger partial charge in [-0.3, -0.25) is 19.7 Å². The largest absolute Gasteiger partial charge is 0.480 e. The van der Waals surface area contributed by atoms with Crippen LogP contribution in [0.5, 0.6) is 0 Å². The van der Waals surface area contributed by atoms with Crippen molar-refractivity contribution in [3.8, 4) is 0 Å². The Labute approximate surface area is 351 Å². The third kappa shape index (κ3) is 44.9. The quantitative estimate of drug-likeness (QED) is 0.0270. The summed E-state index contributed by atoms with van der Waals surface area (Å²) in [6, 6.07) is -0.978. The van der Waals surface area contributed by atoms with Gasteiger partial charge in [0.1, 0.15) is 6.04 Å². The second-order valence-electron chi connectivity index (χ2n) is 16.6. The van der Waals surface area contributed by atoms with Crippen LogP contribution in [0.25, 0.3) is 0 Å². The number of hydrogen-bond donors (Lipinski definition) is 4. The topological polar surface area (TPSA) is 165 Å². The van der Waals surface area contributed by atoms with Gasteiger partial charge in [0.25, 0.3) is 6.17 Å². The van der Waals surface area contributed by atoms with Gasteiger partial charge < -0.3 is 21.3 Å². The molecule has 338 valence electrons. The third-order valence-electron chi connectivity index (χ3n) is 11.1. The molecule has 0 aliphatic carbocycles. The van der Waals surface area contributed by atoms with Crippen molar-refractivity contribution in [3.63, 3.8) is 0 Å². The minimum Gasteiger partial charge on any atom is -0.480 e. The molecule has 1 rings (SSSR count). The third-order valence-corrected chi connectivity index (χ3v) is 11.1. The molecule has 6 N–H and O–H groups in total. The lowest BCUT2D eigenvalue weighted by atomic mass is 10.0. The molecular formula is C47H95N4O6+. The zero-order chi connectivity index (χ0) is 42.5. The molecule has 2 atom stereocenters. The first-order valence-electron chi connectivity index (χ1n) is 24.2. The van der Waals surface area contributed by atoms with Gasteiger partial charge in [0.15, 0.2) is 6.54 Å². The van der Waals surface area contributed by atoms with E-state index < -0.39 is 18.0 Å². The molecule has 1 aliphatic rings.